The summed E-state index contributed by atoms with van der Waals surface area (Å²) in [4.78, 5) is 16.3. The van der Waals surface area contributed by atoms with E-state index in [2.05, 4.69) is 4.98 Å². The highest BCUT2D eigenvalue weighted by Crippen LogP contribution is 2.18. The van der Waals surface area contributed by atoms with E-state index in [4.69, 9.17) is 4.74 Å². The van der Waals surface area contributed by atoms with Gasteiger partial charge in [0.25, 0.3) is 0 Å². The number of carbonyl (C=O) groups excluding carboxylic acids is 1. The molecule has 0 aliphatic heterocycles. The first-order valence-corrected chi connectivity index (χ1v) is 6.41. The van der Waals surface area contributed by atoms with E-state index in [0.29, 0.717) is 5.82 Å². The van der Waals surface area contributed by atoms with Crippen molar-refractivity contribution in [3.05, 3.63) is 60.4 Å². The van der Waals surface area contributed by atoms with Crippen LogP contribution in [0.15, 0.2) is 54.6 Å². The molecule has 0 atom stereocenters. The third-order valence-corrected chi connectivity index (χ3v) is 3.06. The molecule has 0 amide bonds. The van der Waals surface area contributed by atoms with Crippen LogP contribution in [0.25, 0.3) is 11.0 Å². The Balaban J connectivity index is 1.95. The molecular weight excluding hydrogens is 252 g/mol. The Morgan fingerprint density at radius 3 is 2.55 bits per heavy atom. The minimum absolute atomic E-state index is 0.0645. The van der Waals surface area contributed by atoms with Gasteiger partial charge in [-0.1, -0.05) is 30.3 Å². The minimum Gasteiger partial charge on any atom is -0.486 e. The zero-order valence-corrected chi connectivity index (χ0v) is 11.1. The second kappa shape index (κ2) is 5.17. The van der Waals surface area contributed by atoms with Crippen molar-refractivity contribution in [2.24, 2.45) is 0 Å². The number of rotatable bonds is 3. The number of imidazole rings is 1. The van der Waals surface area contributed by atoms with Gasteiger partial charge in [0.1, 0.15) is 12.4 Å². The molecule has 2 aromatic carbocycles. The second-order valence-electron chi connectivity index (χ2n) is 4.47. The summed E-state index contributed by atoms with van der Waals surface area (Å²) < 4.78 is 7.27. The second-order valence-corrected chi connectivity index (χ2v) is 4.47. The molecule has 4 nitrogen and oxygen atoms in total. The fourth-order valence-electron chi connectivity index (χ4n) is 2.19. The normalized spacial score (nSPS) is 10.7. The highest BCUT2D eigenvalue weighted by Gasteiger charge is 2.13. The number of hydrogen-bond acceptors (Lipinski definition) is 3. The van der Waals surface area contributed by atoms with Crippen LogP contribution < -0.4 is 4.74 Å². The fourth-order valence-corrected chi connectivity index (χ4v) is 2.19. The highest BCUT2D eigenvalue weighted by atomic mass is 16.5. The lowest BCUT2D eigenvalue weighted by Crippen LogP contribution is -2.12. The van der Waals surface area contributed by atoms with Crippen LogP contribution in [0.4, 0.5) is 0 Å². The van der Waals surface area contributed by atoms with Crippen molar-refractivity contribution in [1.82, 2.24) is 9.55 Å². The zero-order chi connectivity index (χ0) is 13.9. The van der Waals surface area contributed by atoms with Gasteiger partial charge in [-0.2, -0.15) is 0 Å². The first-order valence-electron chi connectivity index (χ1n) is 6.41. The molecule has 20 heavy (non-hydrogen) atoms. The van der Waals surface area contributed by atoms with E-state index >= 15 is 0 Å². The van der Waals surface area contributed by atoms with Gasteiger partial charge in [-0.15, -0.1) is 0 Å². The Morgan fingerprint density at radius 2 is 1.80 bits per heavy atom. The van der Waals surface area contributed by atoms with Gasteiger partial charge < -0.3 is 4.74 Å². The topological polar surface area (TPSA) is 44.1 Å². The van der Waals surface area contributed by atoms with Crippen LogP contribution in [0.1, 0.15) is 17.5 Å². The fraction of sp³-hybridized carbons (Fsp3) is 0.125. The maximum atomic E-state index is 11.8. The quantitative estimate of drug-likeness (QED) is 0.730. The molecule has 1 heterocycles. The van der Waals surface area contributed by atoms with E-state index in [9.17, 15) is 4.79 Å². The van der Waals surface area contributed by atoms with Gasteiger partial charge in [-0.05, 0) is 24.3 Å². The van der Waals surface area contributed by atoms with Gasteiger partial charge in [-0.3, -0.25) is 9.36 Å². The van der Waals surface area contributed by atoms with Gasteiger partial charge in [0, 0.05) is 6.92 Å². The predicted octanol–water partition coefficient (Wildman–Crippen LogP) is 3.28. The van der Waals surface area contributed by atoms with E-state index in [1.807, 2.05) is 54.6 Å². The van der Waals surface area contributed by atoms with Crippen molar-refractivity contribution in [1.29, 1.82) is 0 Å². The van der Waals surface area contributed by atoms with Crippen molar-refractivity contribution in [3.8, 4) is 5.75 Å². The van der Waals surface area contributed by atoms with E-state index in [1.54, 1.807) is 4.57 Å². The largest absolute Gasteiger partial charge is 0.486 e. The molecule has 0 bridgehead atoms. The average molecular weight is 266 g/mol. The summed E-state index contributed by atoms with van der Waals surface area (Å²) in [5, 5.41) is 0. The SMILES string of the molecule is CC(=O)n1c(COc2ccccc2)nc2ccccc21. The lowest BCUT2D eigenvalue weighted by molar-refractivity contribution is 0.0933. The Kier molecular flexibility index (Phi) is 3.21. The van der Waals surface area contributed by atoms with Crippen LogP contribution >= 0.6 is 0 Å². The summed E-state index contributed by atoms with van der Waals surface area (Å²) in [5.74, 6) is 1.31. The van der Waals surface area contributed by atoms with Gasteiger partial charge in [-0.25, -0.2) is 4.98 Å². The van der Waals surface area contributed by atoms with E-state index in [0.717, 1.165) is 16.8 Å². The maximum Gasteiger partial charge on any atom is 0.229 e. The van der Waals surface area contributed by atoms with Crippen molar-refractivity contribution in [2.45, 2.75) is 13.5 Å². The molecule has 1 aromatic heterocycles. The van der Waals surface area contributed by atoms with Crippen LogP contribution in [0.3, 0.4) is 0 Å². The zero-order valence-electron chi connectivity index (χ0n) is 11.1. The average Bonchev–Trinajstić information content (AvgIpc) is 2.84. The number of aromatic nitrogens is 2. The van der Waals surface area contributed by atoms with Crippen molar-refractivity contribution >= 4 is 16.9 Å². The van der Waals surface area contributed by atoms with E-state index < -0.39 is 0 Å². The number of nitrogens with zero attached hydrogens (tertiary/aromatic N) is 2. The van der Waals surface area contributed by atoms with Gasteiger partial charge in [0.15, 0.2) is 5.82 Å². The monoisotopic (exact) mass is 266 g/mol. The molecule has 0 aliphatic carbocycles. The molecule has 3 aromatic rings. The molecule has 0 saturated carbocycles. The molecule has 0 fully saturated rings. The highest BCUT2D eigenvalue weighted by molar-refractivity contribution is 5.89. The standard InChI is InChI=1S/C16H14N2O2/c1-12(19)18-15-10-6-5-9-14(15)17-16(18)11-20-13-7-3-2-4-8-13/h2-10H,11H2,1H3. The summed E-state index contributed by atoms with van der Waals surface area (Å²) in [5.41, 5.74) is 1.61. The van der Waals surface area contributed by atoms with Crippen LogP contribution in [-0.4, -0.2) is 15.5 Å². The molecule has 4 heteroatoms. The van der Waals surface area contributed by atoms with Crippen LogP contribution in [-0.2, 0) is 6.61 Å². The van der Waals surface area contributed by atoms with Crippen LogP contribution in [0.2, 0.25) is 0 Å². The van der Waals surface area contributed by atoms with Crippen molar-refractivity contribution in [3.63, 3.8) is 0 Å². The van der Waals surface area contributed by atoms with Crippen LogP contribution in [0, 0.1) is 0 Å². The Bertz CT molecular complexity index is 748. The number of benzene rings is 2. The first kappa shape index (κ1) is 12.4. The summed E-state index contributed by atoms with van der Waals surface area (Å²) in [7, 11) is 0. The maximum absolute atomic E-state index is 11.8. The van der Waals surface area contributed by atoms with Gasteiger partial charge in [0.05, 0.1) is 11.0 Å². The molecule has 0 radical (unpaired) electrons. The van der Waals surface area contributed by atoms with Gasteiger partial charge >= 0.3 is 0 Å². The van der Waals surface area contributed by atoms with Gasteiger partial charge in [0.2, 0.25) is 5.91 Å². The molecule has 0 unspecified atom stereocenters. The first-order chi connectivity index (χ1) is 9.75. The molecule has 100 valence electrons. The number of fused-ring (bicyclic) bond motifs is 1. The predicted molar refractivity (Wildman–Crippen MR) is 76.8 cm³/mol. The number of carbonyl (C=O) groups is 1. The summed E-state index contributed by atoms with van der Waals surface area (Å²) in [6.07, 6.45) is 0. The Morgan fingerprint density at radius 1 is 1.10 bits per heavy atom. The lowest BCUT2D eigenvalue weighted by atomic mass is 10.3. The van der Waals surface area contributed by atoms with E-state index in [1.165, 1.54) is 6.92 Å². The molecule has 0 spiro atoms. The number of para-hydroxylation sites is 3. The van der Waals surface area contributed by atoms with Crippen LogP contribution in [0.5, 0.6) is 5.75 Å². The smallest absolute Gasteiger partial charge is 0.229 e. The van der Waals surface area contributed by atoms with Crippen molar-refractivity contribution < 1.29 is 9.53 Å². The number of ether oxygens (including phenoxy) is 1. The molecule has 0 saturated heterocycles. The molecule has 0 N–H and O–H groups in total. The van der Waals surface area contributed by atoms with Crippen molar-refractivity contribution in [2.75, 3.05) is 0 Å². The molecule has 0 aliphatic rings. The molecular formula is C16H14N2O2. The summed E-state index contributed by atoms with van der Waals surface area (Å²) >= 11 is 0. The molecule has 3 rings (SSSR count). The Hall–Kier alpha value is -2.62. The minimum atomic E-state index is -0.0645. The van der Waals surface area contributed by atoms with E-state index in [-0.39, 0.29) is 12.5 Å². The number of hydrogen-bond donors (Lipinski definition) is 0. The lowest BCUT2D eigenvalue weighted by Gasteiger charge is -2.07. The summed E-state index contributed by atoms with van der Waals surface area (Å²) in [6.45, 7) is 1.79. The Labute approximate surface area is 116 Å². The third-order valence-electron chi connectivity index (χ3n) is 3.06. The third kappa shape index (κ3) is 2.28. The summed E-state index contributed by atoms with van der Waals surface area (Å²) in [6, 6.07) is 17.1.